The lowest BCUT2D eigenvalue weighted by Gasteiger charge is -2.34. The summed E-state index contributed by atoms with van der Waals surface area (Å²) < 4.78 is 10.4. The van der Waals surface area contributed by atoms with Gasteiger partial charge in [0.05, 0.1) is 31.6 Å². The number of aliphatic hydroxyl groups excluding tert-OH is 1. The number of hydrogen-bond acceptors (Lipinski definition) is 5. The van der Waals surface area contributed by atoms with Crippen LogP contribution in [-0.4, -0.2) is 49.3 Å². The summed E-state index contributed by atoms with van der Waals surface area (Å²) in [5.41, 5.74) is 6.63. The first-order valence-corrected chi connectivity index (χ1v) is 6.96. The third-order valence-corrected chi connectivity index (χ3v) is 4.01. The molecular formula is C15H22N2O4. The Hall–Kier alpha value is -1.95. The highest BCUT2D eigenvalue weighted by Gasteiger charge is 2.29. The Balaban J connectivity index is 2.30. The number of nitrogen functional groups attached to an aromatic ring is 1. The van der Waals surface area contributed by atoms with E-state index in [2.05, 4.69) is 0 Å². The van der Waals surface area contributed by atoms with Gasteiger partial charge < -0.3 is 25.2 Å². The number of rotatable bonds is 3. The molecule has 2 rings (SSSR count). The number of nitrogens with zero attached hydrogens (tertiary/aromatic N) is 1. The zero-order valence-electron chi connectivity index (χ0n) is 12.6. The maximum atomic E-state index is 12.6. The van der Waals surface area contributed by atoms with Crippen LogP contribution < -0.4 is 15.2 Å². The van der Waals surface area contributed by atoms with E-state index in [1.807, 2.05) is 6.92 Å². The summed E-state index contributed by atoms with van der Waals surface area (Å²) in [5, 5.41) is 9.94. The number of benzene rings is 1. The number of amides is 1. The lowest BCUT2D eigenvalue weighted by atomic mass is 9.95. The molecule has 1 heterocycles. The standard InChI is InChI=1S/C15H22N2O4/c1-9-4-5-17(8-12(9)18)15(19)11-6-10(20-2)7-13(21-3)14(11)16/h6-7,9,12,18H,4-5,8,16H2,1-3H3. The van der Waals surface area contributed by atoms with E-state index in [1.54, 1.807) is 17.0 Å². The molecule has 1 fully saturated rings. The minimum absolute atomic E-state index is 0.200. The predicted octanol–water partition coefficient (Wildman–Crippen LogP) is 1.13. The highest BCUT2D eigenvalue weighted by molar-refractivity contribution is 6.01. The molecule has 2 atom stereocenters. The third-order valence-electron chi connectivity index (χ3n) is 4.01. The Morgan fingerprint density at radius 1 is 1.38 bits per heavy atom. The minimum atomic E-state index is -0.503. The Bertz CT molecular complexity index is 533. The van der Waals surface area contributed by atoms with Gasteiger partial charge in [0.25, 0.3) is 5.91 Å². The molecule has 1 aliphatic heterocycles. The lowest BCUT2D eigenvalue weighted by Crippen LogP contribution is -2.46. The van der Waals surface area contributed by atoms with Crippen LogP contribution in [0.5, 0.6) is 11.5 Å². The molecular weight excluding hydrogens is 272 g/mol. The predicted molar refractivity (Wildman–Crippen MR) is 79.6 cm³/mol. The number of nitrogens with two attached hydrogens (primary N) is 1. The van der Waals surface area contributed by atoms with Gasteiger partial charge in [-0.05, 0) is 18.4 Å². The van der Waals surface area contributed by atoms with Crippen molar-refractivity contribution in [2.45, 2.75) is 19.4 Å². The van der Waals surface area contributed by atoms with Crippen LogP contribution in [0.1, 0.15) is 23.7 Å². The first-order valence-electron chi connectivity index (χ1n) is 6.96. The molecule has 0 aromatic heterocycles. The van der Waals surface area contributed by atoms with Gasteiger partial charge in [0, 0.05) is 19.2 Å². The molecule has 2 unspecified atom stereocenters. The number of likely N-dealkylation sites (tertiary alicyclic amines) is 1. The van der Waals surface area contributed by atoms with Crippen molar-refractivity contribution in [3.05, 3.63) is 17.7 Å². The van der Waals surface area contributed by atoms with Gasteiger partial charge in [-0.15, -0.1) is 0 Å². The van der Waals surface area contributed by atoms with Crippen molar-refractivity contribution in [2.75, 3.05) is 33.0 Å². The summed E-state index contributed by atoms with van der Waals surface area (Å²) in [7, 11) is 3.01. The number of piperidine rings is 1. The zero-order chi connectivity index (χ0) is 15.6. The Morgan fingerprint density at radius 2 is 2.10 bits per heavy atom. The molecule has 1 aromatic carbocycles. The van der Waals surface area contributed by atoms with Crippen LogP contribution in [0.15, 0.2) is 12.1 Å². The monoisotopic (exact) mass is 294 g/mol. The molecule has 6 heteroatoms. The fraction of sp³-hybridized carbons (Fsp3) is 0.533. The fourth-order valence-electron chi connectivity index (χ4n) is 2.47. The molecule has 21 heavy (non-hydrogen) atoms. The number of β-amino-alcohol motifs (C(OH)–C–C–N with tert-alkyl or cyclic N) is 1. The van der Waals surface area contributed by atoms with Crippen molar-refractivity contribution in [3.8, 4) is 11.5 Å². The minimum Gasteiger partial charge on any atom is -0.497 e. The van der Waals surface area contributed by atoms with Gasteiger partial charge >= 0.3 is 0 Å². The summed E-state index contributed by atoms with van der Waals surface area (Å²) in [5.74, 6) is 0.904. The van der Waals surface area contributed by atoms with Crippen LogP contribution >= 0.6 is 0 Å². The van der Waals surface area contributed by atoms with Crippen molar-refractivity contribution in [1.82, 2.24) is 4.90 Å². The van der Waals surface area contributed by atoms with Gasteiger partial charge in [0.15, 0.2) is 0 Å². The summed E-state index contributed by atoms with van der Waals surface area (Å²) in [6.07, 6.45) is 0.268. The molecule has 0 spiro atoms. The number of hydrogen-bond donors (Lipinski definition) is 2. The zero-order valence-corrected chi connectivity index (χ0v) is 12.6. The number of anilines is 1. The molecule has 1 saturated heterocycles. The largest absolute Gasteiger partial charge is 0.497 e. The fourth-order valence-corrected chi connectivity index (χ4v) is 2.47. The molecule has 0 aliphatic carbocycles. The quantitative estimate of drug-likeness (QED) is 0.816. The Kier molecular flexibility index (Phi) is 4.57. The van der Waals surface area contributed by atoms with E-state index < -0.39 is 6.10 Å². The summed E-state index contributed by atoms with van der Waals surface area (Å²) >= 11 is 0. The van der Waals surface area contributed by atoms with Crippen LogP contribution in [-0.2, 0) is 0 Å². The number of carbonyl (C=O) groups is 1. The van der Waals surface area contributed by atoms with E-state index in [4.69, 9.17) is 15.2 Å². The number of methoxy groups -OCH3 is 2. The molecule has 0 saturated carbocycles. The average Bonchev–Trinajstić information content (AvgIpc) is 2.49. The van der Waals surface area contributed by atoms with Gasteiger partial charge in [-0.2, -0.15) is 0 Å². The van der Waals surface area contributed by atoms with E-state index in [9.17, 15) is 9.90 Å². The summed E-state index contributed by atoms with van der Waals surface area (Å²) in [6.45, 7) is 2.91. The van der Waals surface area contributed by atoms with E-state index >= 15 is 0 Å². The van der Waals surface area contributed by atoms with Gasteiger partial charge in [-0.25, -0.2) is 0 Å². The van der Waals surface area contributed by atoms with Crippen molar-refractivity contribution < 1.29 is 19.4 Å². The average molecular weight is 294 g/mol. The van der Waals surface area contributed by atoms with Gasteiger partial charge in [0.2, 0.25) is 0 Å². The second-order valence-corrected chi connectivity index (χ2v) is 5.38. The second kappa shape index (κ2) is 6.22. The van der Waals surface area contributed by atoms with Crippen molar-refractivity contribution in [1.29, 1.82) is 0 Å². The first kappa shape index (κ1) is 15.4. The van der Waals surface area contributed by atoms with Crippen LogP contribution in [0.25, 0.3) is 0 Å². The Labute approximate surface area is 124 Å². The number of carbonyl (C=O) groups excluding carboxylic acids is 1. The highest BCUT2D eigenvalue weighted by atomic mass is 16.5. The third kappa shape index (κ3) is 3.05. The van der Waals surface area contributed by atoms with E-state index in [1.165, 1.54) is 14.2 Å². The Morgan fingerprint density at radius 3 is 2.67 bits per heavy atom. The van der Waals surface area contributed by atoms with Gasteiger partial charge in [-0.3, -0.25) is 4.79 Å². The highest BCUT2D eigenvalue weighted by Crippen LogP contribution is 2.32. The van der Waals surface area contributed by atoms with Gasteiger partial charge in [-0.1, -0.05) is 6.92 Å². The van der Waals surface area contributed by atoms with E-state index in [0.717, 1.165) is 6.42 Å². The van der Waals surface area contributed by atoms with Gasteiger partial charge in [0.1, 0.15) is 11.5 Å². The van der Waals surface area contributed by atoms with Crippen LogP contribution in [0.4, 0.5) is 5.69 Å². The van der Waals surface area contributed by atoms with E-state index in [0.29, 0.717) is 30.2 Å². The molecule has 1 aromatic rings. The van der Waals surface area contributed by atoms with Crippen molar-refractivity contribution in [3.63, 3.8) is 0 Å². The van der Waals surface area contributed by atoms with Crippen LogP contribution in [0.3, 0.4) is 0 Å². The summed E-state index contributed by atoms with van der Waals surface area (Å²) in [6, 6.07) is 3.24. The number of ether oxygens (including phenoxy) is 2. The lowest BCUT2D eigenvalue weighted by molar-refractivity contribution is 0.0249. The first-order chi connectivity index (χ1) is 9.97. The molecule has 1 aliphatic rings. The second-order valence-electron chi connectivity index (χ2n) is 5.38. The molecule has 0 radical (unpaired) electrons. The smallest absolute Gasteiger partial charge is 0.256 e. The summed E-state index contributed by atoms with van der Waals surface area (Å²) in [4.78, 5) is 14.3. The maximum absolute atomic E-state index is 12.6. The topological polar surface area (TPSA) is 85.0 Å². The molecule has 3 N–H and O–H groups in total. The van der Waals surface area contributed by atoms with Crippen molar-refractivity contribution >= 4 is 11.6 Å². The number of aliphatic hydroxyl groups is 1. The maximum Gasteiger partial charge on any atom is 0.256 e. The van der Waals surface area contributed by atoms with E-state index in [-0.39, 0.29) is 17.5 Å². The van der Waals surface area contributed by atoms with Crippen LogP contribution in [0, 0.1) is 5.92 Å². The van der Waals surface area contributed by atoms with Crippen molar-refractivity contribution in [2.24, 2.45) is 5.92 Å². The SMILES string of the molecule is COc1cc(OC)c(N)c(C(=O)N2CCC(C)C(O)C2)c1. The molecule has 116 valence electrons. The molecule has 1 amide bonds. The molecule has 6 nitrogen and oxygen atoms in total. The normalized spacial score (nSPS) is 22.0. The van der Waals surface area contributed by atoms with Crippen LogP contribution in [0.2, 0.25) is 0 Å². The molecule has 0 bridgehead atoms.